The van der Waals surface area contributed by atoms with E-state index in [0.717, 1.165) is 0 Å². The minimum Gasteiger partial charge on any atom is -0.481 e. The highest BCUT2D eigenvalue weighted by molar-refractivity contribution is 9.10. The molecule has 0 aliphatic rings. The summed E-state index contributed by atoms with van der Waals surface area (Å²) in [6.45, 7) is -0.0206. The molecular formula is C10H10BrFN2O3. The van der Waals surface area contributed by atoms with Crippen LogP contribution in [0.25, 0.3) is 0 Å². The number of carbonyl (C=O) groups is 2. The number of para-hydroxylation sites is 1. The maximum Gasteiger partial charge on any atom is 0.319 e. The molecule has 0 fully saturated rings. The van der Waals surface area contributed by atoms with E-state index in [4.69, 9.17) is 5.11 Å². The van der Waals surface area contributed by atoms with E-state index in [2.05, 4.69) is 26.6 Å². The number of urea groups is 1. The third kappa shape index (κ3) is 4.39. The summed E-state index contributed by atoms with van der Waals surface area (Å²) < 4.78 is 13.7. The Bertz CT molecular complexity index is 419. The number of anilines is 1. The van der Waals surface area contributed by atoms with Crippen molar-refractivity contribution in [1.29, 1.82) is 0 Å². The van der Waals surface area contributed by atoms with E-state index in [0.29, 0.717) is 4.47 Å². The quantitative estimate of drug-likeness (QED) is 0.798. The summed E-state index contributed by atoms with van der Waals surface area (Å²) in [7, 11) is 0. The SMILES string of the molecule is O=C(O)CCNC(=O)Nc1c(F)cccc1Br. The van der Waals surface area contributed by atoms with Crippen LogP contribution >= 0.6 is 15.9 Å². The summed E-state index contributed by atoms with van der Waals surface area (Å²) in [6, 6.07) is 3.62. The fraction of sp³-hybridized carbons (Fsp3) is 0.200. The zero-order chi connectivity index (χ0) is 12.8. The molecule has 0 aliphatic carbocycles. The van der Waals surface area contributed by atoms with Gasteiger partial charge in [-0.05, 0) is 28.1 Å². The van der Waals surface area contributed by atoms with Gasteiger partial charge >= 0.3 is 12.0 Å². The van der Waals surface area contributed by atoms with Crippen LogP contribution in [0.1, 0.15) is 6.42 Å². The molecule has 0 aromatic heterocycles. The molecule has 0 saturated heterocycles. The van der Waals surface area contributed by atoms with Crippen molar-refractivity contribution < 1.29 is 19.1 Å². The summed E-state index contributed by atoms with van der Waals surface area (Å²) in [6.07, 6.45) is -0.189. The zero-order valence-electron chi connectivity index (χ0n) is 8.67. The molecule has 2 amide bonds. The minimum atomic E-state index is -1.02. The van der Waals surface area contributed by atoms with Gasteiger partial charge in [-0.25, -0.2) is 9.18 Å². The summed E-state index contributed by atoms with van der Waals surface area (Å²) >= 11 is 3.09. The van der Waals surface area contributed by atoms with Gasteiger partial charge in [0.2, 0.25) is 0 Å². The lowest BCUT2D eigenvalue weighted by Gasteiger charge is -2.09. The van der Waals surface area contributed by atoms with Crippen LogP contribution in [0.15, 0.2) is 22.7 Å². The normalized spacial score (nSPS) is 9.76. The molecule has 0 saturated carbocycles. The van der Waals surface area contributed by atoms with Crippen molar-refractivity contribution in [2.45, 2.75) is 6.42 Å². The van der Waals surface area contributed by atoms with Crippen LogP contribution in [0.2, 0.25) is 0 Å². The maximum absolute atomic E-state index is 13.3. The monoisotopic (exact) mass is 304 g/mol. The molecule has 0 spiro atoms. The maximum atomic E-state index is 13.3. The number of carboxylic acids is 1. The second kappa shape index (κ2) is 6.19. The average Bonchev–Trinajstić information content (AvgIpc) is 2.23. The number of aliphatic carboxylic acids is 1. The minimum absolute atomic E-state index is 0.0142. The number of nitrogens with one attached hydrogen (secondary N) is 2. The van der Waals surface area contributed by atoms with Gasteiger partial charge < -0.3 is 15.7 Å². The predicted molar refractivity (Wildman–Crippen MR) is 63.4 cm³/mol. The van der Waals surface area contributed by atoms with Crippen molar-refractivity contribution in [1.82, 2.24) is 5.32 Å². The molecule has 0 heterocycles. The van der Waals surface area contributed by atoms with Gasteiger partial charge in [-0.15, -0.1) is 0 Å². The van der Waals surface area contributed by atoms with E-state index < -0.39 is 17.8 Å². The smallest absolute Gasteiger partial charge is 0.319 e. The number of carboxylic acid groups (broad SMARTS) is 1. The van der Waals surface area contributed by atoms with Crippen molar-refractivity contribution in [2.24, 2.45) is 0 Å². The van der Waals surface area contributed by atoms with Gasteiger partial charge in [0, 0.05) is 11.0 Å². The molecule has 0 radical (unpaired) electrons. The van der Waals surface area contributed by atoms with Gasteiger partial charge in [-0.3, -0.25) is 4.79 Å². The second-order valence-electron chi connectivity index (χ2n) is 3.12. The van der Waals surface area contributed by atoms with Gasteiger partial charge in [0.05, 0.1) is 12.1 Å². The predicted octanol–water partition coefficient (Wildman–Crippen LogP) is 2.18. The third-order valence-corrected chi connectivity index (χ3v) is 2.49. The third-order valence-electron chi connectivity index (χ3n) is 1.83. The van der Waals surface area contributed by atoms with Crippen molar-refractivity contribution in [3.8, 4) is 0 Å². The van der Waals surface area contributed by atoms with E-state index in [1.54, 1.807) is 6.07 Å². The van der Waals surface area contributed by atoms with Crippen LogP contribution in [-0.2, 0) is 4.79 Å². The second-order valence-corrected chi connectivity index (χ2v) is 3.98. The Morgan fingerprint density at radius 1 is 1.41 bits per heavy atom. The molecule has 0 aliphatic heterocycles. The molecule has 0 atom stereocenters. The number of amides is 2. The van der Waals surface area contributed by atoms with E-state index in [1.807, 2.05) is 0 Å². The average molecular weight is 305 g/mol. The Balaban J connectivity index is 2.53. The van der Waals surface area contributed by atoms with Gasteiger partial charge in [0.25, 0.3) is 0 Å². The molecule has 1 rings (SSSR count). The van der Waals surface area contributed by atoms with Crippen LogP contribution in [-0.4, -0.2) is 23.7 Å². The number of benzene rings is 1. The van der Waals surface area contributed by atoms with Crippen LogP contribution in [0.5, 0.6) is 0 Å². The highest BCUT2D eigenvalue weighted by Crippen LogP contribution is 2.24. The lowest BCUT2D eigenvalue weighted by atomic mass is 10.3. The van der Waals surface area contributed by atoms with Crippen LogP contribution in [0.3, 0.4) is 0 Å². The van der Waals surface area contributed by atoms with Crippen LogP contribution in [0, 0.1) is 5.82 Å². The first-order valence-corrected chi connectivity index (χ1v) is 5.50. The number of halogens is 2. The Labute approximate surface area is 105 Å². The van der Waals surface area contributed by atoms with Crippen LogP contribution < -0.4 is 10.6 Å². The molecule has 7 heteroatoms. The van der Waals surface area contributed by atoms with E-state index in [-0.39, 0.29) is 18.7 Å². The van der Waals surface area contributed by atoms with E-state index in [1.165, 1.54) is 12.1 Å². The standard InChI is InChI=1S/C10H10BrFN2O3/c11-6-2-1-3-7(12)9(6)14-10(17)13-5-4-8(15)16/h1-3H,4-5H2,(H,15,16)(H2,13,14,17). The summed E-state index contributed by atoms with van der Waals surface area (Å²) in [5.74, 6) is -1.59. The van der Waals surface area contributed by atoms with Crippen molar-refractivity contribution in [3.63, 3.8) is 0 Å². The summed E-state index contributed by atoms with van der Waals surface area (Å²) in [5.41, 5.74) is 0.0142. The van der Waals surface area contributed by atoms with Crippen molar-refractivity contribution in [3.05, 3.63) is 28.5 Å². The summed E-state index contributed by atoms with van der Waals surface area (Å²) in [5, 5.41) is 13.0. The van der Waals surface area contributed by atoms with E-state index in [9.17, 15) is 14.0 Å². The van der Waals surface area contributed by atoms with Crippen molar-refractivity contribution >= 4 is 33.6 Å². The lowest BCUT2D eigenvalue weighted by molar-refractivity contribution is -0.136. The molecule has 5 nitrogen and oxygen atoms in total. The molecule has 92 valence electrons. The number of carbonyl (C=O) groups excluding carboxylic acids is 1. The first-order chi connectivity index (χ1) is 8.00. The zero-order valence-corrected chi connectivity index (χ0v) is 10.3. The lowest BCUT2D eigenvalue weighted by Crippen LogP contribution is -2.31. The van der Waals surface area contributed by atoms with Crippen LogP contribution in [0.4, 0.5) is 14.9 Å². The first kappa shape index (κ1) is 13.4. The Morgan fingerprint density at radius 3 is 2.71 bits per heavy atom. The van der Waals surface area contributed by atoms with E-state index >= 15 is 0 Å². The fourth-order valence-corrected chi connectivity index (χ4v) is 1.50. The van der Waals surface area contributed by atoms with Gasteiger partial charge in [-0.2, -0.15) is 0 Å². The summed E-state index contributed by atoms with van der Waals surface area (Å²) in [4.78, 5) is 21.5. The molecular weight excluding hydrogens is 295 g/mol. The van der Waals surface area contributed by atoms with Gasteiger partial charge in [0.15, 0.2) is 0 Å². The van der Waals surface area contributed by atoms with Crippen molar-refractivity contribution in [2.75, 3.05) is 11.9 Å². The highest BCUT2D eigenvalue weighted by Gasteiger charge is 2.09. The topological polar surface area (TPSA) is 78.4 Å². The largest absolute Gasteiger partial charge is 0.481 e. The first-order valence-electron chi connectivity index (χ1n) is 4.71. The Hall–Kier alpha value is -1.63. The molecule has 3 N–H and O–H groups in total. The number of rotatable bonds is 4. The van der Waals surface area contributed by atoms with Gasteiger partial charge in [0.1, 0.15) is 5.82 Å². The molecule has 1 aromatic carbocycles. The number of hydrogen-bond acceptors (Lipinski definition) is 2. The Morgan fingerprint density at radius 2 is 2.12 bits per heavy atom. The van der Waals surface area contributed by atoms with Gasteiger partial charge in [-0.1, -0.05) is 6.07 Å². The molecule has 17 heavy (non-hydrogen) atoms. The highest BCUT2D eigenvalue weighted by atomic mass is 79.9. The number of hydrogen-bond donors (Lipinski definition) is 3. The Kier molecular flexibility index (Phi) is 4.89. The molecule has 0 bridgehead atoms. The molecule has 1 aromatic rings. The fourth-order valence-electron chi connectivity index (χ4n) is 1.06. The molecule has 0 unspecified atom stereocenters.